The molecule has 3 heterocycles. The van der Waals surface area contributed by atoms with Crippen molar-refractivity contribution in [3.8, 4) is 0 Å². The highest BCUT2D eigenvalue weighted by atomic mass is 16.3. The quantitative estimate of drug-likeness (QED) is 0.883. The molecule has 0 saturated carbocycles. The number of fused-ring (bicyclic) bond motifs is 1. The molecule has 0 aromatic carbocycles. The number of aliphatic hydroxyl groups is 1. The number of rotatable bonds is 3. The summed E-state index contributed by atoms with van der Waals surface area (Å²) in [6.07, 6.45) is 4.82. The molecular weight excluding hydrogens is 320 g/mol. The summed E-state index contributed by atoms with van der Waals surface area (Å²) < 4.78 is 1.38. The average molecular weight is 344 g/mol. The van der Waals surface area contributed by atoms with Crippen molar-refractivity contribution in [2.75, 3.05) is 33.7 Å². The maximum Gasteiger partial charge on any atom is 0.270 e. The van der Waals surface area contributed by atoms with E-state index in [1.54, 1.807) is 29.3 Å². The van der Waals surface area contributed by atoms with Crippen LogP contribution in [0.3, 0.4) is 0 Å². The topological polar surface area (TPSA) is 78.2 Å². The minimum atomic E-state index is -0.796. The van der Waals surface area contributed by atoms with Crippen molar-refractivity contribution in [1.29, 1.82) is 0 Å². The van der Waals surface area contributed by atoms with Crippen LogP contribution in [0.4, 0.5) is 0 Å². The fraction of sp³-hybridized carbons (Fsp3) is 0.500. The number of nitrogens with zero attached hydrogens (tertiary/aromatic N) is 4. The number of carbonyl (C=O) groups is 1. The van der Waals surface area contributed by atoms with Gasteiger partial charge in [0, 0.05) is 32.0 Å². The molecule has 25 heavy (non-hydrogen) atoms. The molecule has 134 valence electrons. The molecule has 1 amide bonds. The third-order valence-electron chi connectivity index (χ3n) is 4.66. The van der Waals surface area contributed by atoms with Crippen LogP contribution in [-0.4, -0.2) is 69.5 Å². The molecule has 3 rings (SSSR count). The van der Waals surface area contributed by atoms with Gasteiger partial charge in [-0.25, -0.2) is 4.98 Å². The Bertz CT molecular complexity index is 832. The Kier molecular flexibility index (Phi) is 4.87. The molecule has 0 unspecified atom stereocenters. The van der Waals surface area contributed by atoms with Crippen molar-refractivity contribution in [2.45, 2.75) is 24.9 Å². The van der Waals surface area contributed by atoms with Crippen molar-refractivity contribution in [3.63, 3.8) is 0 Å². The maximum absolute atomic E-state index is 12.8. The lowest BCUT2D eigenvalue weighted by atomic mass is 9.94. The van der Waals surface area contributed by atoms with E-state index in [1.165, 1.54) is 10.6 Å². The van der Waals surface area contributed by atoms with Crippen LogP contribution >= 0.6 is 0 Å². The van der Waals surface area contributed by atoms with Gasteiger partial charge in [0.15, 0.2) is 0 Å². The van der Waals surface area contributed by atoms with Crippen LogP contribution in [0.15, 0.2) is 35.4 Å². The molecule has 7 heteroatoms. The van der Waals surface area contributed by atoms with Gasteiger partial charge in [-0.15, -0.1) is 0 Å². The molecule has 1 aliphatic heterocycles. The average Bonchev–Trinajstić information content (AvgIpc) is 2.76. The van der Waals surface area contributed by atoms with Gasteiger partial charge >= 0.3 is 0 Å². The second-order valence-corrected chi connectivity index (χ2v) is 7.01. The van der Waals surface area contributed by atoms with Crippen LogP contribution in [0, 0.1) is 0 Å². The lowest BCUT2D eigenvalue weighted by Gasteiger charge is -2.29. The van der Waals surface area contributed by atoms with Gasteiger partial charge in [0.05, 0.1) is 5.60 Å². The summed E-state index contributed by atoms with van der Waals surface area (Å²) in [6.45, 7) is 1.53. The van der Waals surface area contributed by atoms with Gasteiger partial charge in [-0.05, 0) is 45.5 Å². The van der Waals surface area contributed by atoms with Crippen molar-refractivity contribution in [2.24, 2.45) is 0 Å². The molecule has 1 fully saturated rings. The van der Waals surface area contributed by atoms with Crippen molar-refractivity contribution in [1.82, 2.24) is 19.2 Å². The van der Waals surface area contributed by atoms with E-state index in [9.17, 15) is 14.7 Å². The zero-order chi connectivity index (χ0) is 18.0. The maximum atomic E-state index is 12.8. The summed E-state index contributed by atoms with van der Waals surface area (Å²) in [6, 6.07) is 5.25. The van der Waals surface area contributed by atoms with E-state index in [0.717, 1.165) is 0 Å². The molecule has 0 bridgehead atoms. The Balaban J connectivity index is 1.82. The molecule has 1 aliphatic rings. The van der Waals surface area contributed by atoms with Crippen LogP contribution in [0.1, 0.15) is 29.6 Å². The molecule has 0 spiro atoms. The number of hydrogen-bond acceptors (Lipinski definition) is 5. The summed E-state index contributed by atoms with van der Waals surface area (Å²) in [5, 5.41) is 10.7. The van der Waals surface area contributed by atoms with E-state index < -0.39 is 5.60 Å². The van der Waals surface area contributed by atoms with E-state index in [2.05, 4.69) is 4.98 Å². The second kappa shape index (κ2) is 6.93. The van der Waals surface area contributed by atoms with Gasteiger partial charge in [0.1, 0.15) is 11.2 Å². The predicted octanol–water partition coefficient (Wildman–Crippen LogP) is 0.613. The molecular formula is C18H24N4O3. The van der Waals surface area contributed by atoms with Crippen LogP contribution < -0.4 is 5.56 Å². The number of hydrogen-bond donors (Lipinski definition) is 1. The molecule has 0 radical (unpaired) electrons. The summed E-state index contributed by atoms with van der Waals surface area (Å²) in [5.41, 5.74) is -0.569. The Labute approximate surface area is 146 Å². The molecule has 0 aliphatic carbocycles. The summed E-state index contributed by atoms with van der Waals surface area (Å²) in [7, 11) is 3.85. The fourth-order valence-electron chi connectivity index (χ4n) is 3.47. The third-order valence-corrected chi connectivity index (χ3v) is 4.66. The van der Waals surface area contributed by atoms with Crippen LogP contribution in [-0.2, 0) is 0 Å². The van der Waals surface area contributed by atoms with E-state index in [1.807, 2.05) is 19.0 Å². The molecule has 2 aromatic rings. The number of amides is 1. The first-order valence-corrected chi connectivity index (χ1v) is 8.52. The number of carbonyl (C=O) groups excluding carboxylic acids is 1. The minimum absolute atomic E-state index is 0.0711. The molecule has 7 nitrogen and oxygen atoms in total. The molecule has 2 aromatic heterocycles. The SMILES string of the molecule is CN(C)C[C@@]1(O)CCCN(C(=O)c2cnc3ccccn3c2=O)CC1. The minimum Gasteiger partial charge on any atom is -0.388 e. The van der Waals surface area contributed by atoms with Crippen molar-refractivity contribution < 1.29 is 9.90 Å². The van der Waals surface area contributed by atoms with Gasteiger partial charge in [-0.3, -0.25) is 14.0 Å². The highest BCUT2D eigenvalue weighted by Crippen LogP contribution is 2.23. The van der Waals surface area contributed by atoms with Crippen LogP contribution in [0.25, 0.3) is 5.65 Å². The van der Waals surface area contributed by atoms with Crippen LogP contribution in [0.5, 0.6) is 0 Å². The number of pyridine rings is 1. The standard InChI is InChI=1S/C18H24N4O3/c1-20(2)13-18(25)7-5-9-21(11-8-18)16(23)14-12-19-15-6-3-4-10-22(15)17(14)24/h3-4,6,10,12,25H,5,7-9,11,13H2,1-2H3/t18-/m1/s1. The van der Waals surface area contributed by atoms with Crippen molar-refractivity contribution >= 4 is 11.6 Å². The van der Waals surface area contributed by atoms with E-state index in [0.29, 0.717) is 44.5 Å². The predicted molar refractivity (Wildman–Crippen MR) is 94.7 cm³/mol. The smallest absolute Gasteiger partial charge is 0.270 e. The van der Waals surface area contributed by atoms with Gasteiger partial charge in [-0.2, -0.15) is 0 Å². The Morgan fingerprint density at radius 3 is 2.88 bits per heavy atom. The monoisotopic (exact) mass is 344 g/mol. The fourth-order valence-corrected chi connectivity index (χ4v) is 3.47. The summed E-state index contributed by atoms with van der Waals surface area (Å²) >= 11 is 0. The highest BCUT2D eigenvalue weighted by Gasteiger charge is 2.32. The van der Waals surface area contributed by atoms with E-state index >= 15 is 0 Å². The first-order valence-electron chi connectivity index (χ1n) is 8.52. The van der Waals surface area contributed by atoms with Gasteiger partial charge in [0.2, 0.25) is 0 Å². The van der Waals surface area contributed by atoms with Gasteiger partial charge in [0.25, 0.3) is 11.5 Å². The third kappa shape index (κ3) is 3.72. The summed E-state index contributed by atoms with van der Waals surface area (Å²) in [4.78, 5) is 33.2. The van der Waals surface area contributed by atoms with Crippen LogP contribution in [0.2, 0.25) is 0 Å². The first-order chi connectivity index (χ1) is 11.9. The molecule has 1 saturated heterocycles. The zero-order valence-electron chi connectivity index (χ0n) is 14.7. The largest absolute Gasteiger partial charge is 0.388 e. The number of likely N-dealkylation sites (tertiary alicyclic amines) is 1. The van der Waals surface area contributed by atoms with Gasteiger partial charge in [-0.1, -0.05) is 6.07 Å². The van der Waals surface area contributed by atoms with Crippen molar-refractivity contribution in [3.05, 3.63) is 46.5 Å². The lowest BCUT2D eigenvalue weighted by molar-refractivity contribution is 0.00304. The normalized spacial score (nSPS) is 21.5. The van der Waals surface area contributed by atoms with E-state index in [-0.39, 0.29) is 17.0 Å². The molecule has 1 atom stereocenters. The van der Waals surface area contributed by atoms with Gasteiger partial charge < -0.3 is 14.9 Å². The zero-order valence-corrected chi connectivity index (χ0v) is 14.7. The summed E-state index contributed by atoms with van der Waals surface area (Å²) in [5.74, 6) is -0.315. The number of aromatic nitrogens is 2. The number of likely N-dealkylation sites (N-methyl/N-ethyl adjacent to an activating group) is 1. The Hall–Kier alpha value is -2.25. The first kappa shape index (κ1) is 17.6. The second-order valence-electron chi connectivity index (χ2n) is 7.01. The molecule has 1 N–H and O–H groups in total. The Morgan fingerprint density at radius 2 is 2.12 bits per heavy atom. The Morgan fingerprint density at radius 1 is 1.32 bits per heavy atom. The van der Waals surface area contributed by atoms with E-state index in [4.69, 9.17) is 0 Å². The highest BCUT2D eigenvalue weighted by molar-refractivity contribution is 5.93. The lowest BCUT2D eigenvalue weighted by Crippen LogP contribution is -2.42.